The van der Waals surface area contributed by atoms with Crippen LogP contribution in [0, 0.1) is 5.82 Å². The smallest absolute Gasteiger partial charge is 0.236 e. The van der Waals surface area contributed by atoms with Gasteiger partial charge in [-0.1, -0.05) is 18.2 Å². The second kappa shape index (κ2) is 6.84. The first-order valence-corrected chi connectivity index (χ1v) is 7.29. The van der Waals surface area contributed by atoms with Gasteiger partial charge in [0.2, 0.25) is 5.91 Å². The number of amides is 1. The molecule has 0 N–H and O–H groups in total. The first-order valence-electron chi connectivity index (χ1n) is 7.29. The van der Waals surface area contributed by atoms with Gasteiger partial charge in [0.1, 0.15) is 5.82 Å². The quantitative estimate of drug-likeness (QED) is 0.845. The van der Waals surface area contributed by atoms with Crippen molar-refractivity contribution >= 4 is 5.91 Å². The third kappa shape index (κ3) is 3.79. The summed E-state index contributed by atoms with van der Waals surface area (Å²) in [4.78, 5) is 16.1. The van der Waals surface area contributed by atoms with Crippen molar-refractivity contribution in [3.8, 4) is 0 Å². The maximum atomic E-state index is 13.6. The average Bonchev–Trinajstić information content (AvgIpc) is 2.41. The number of nitrogens with zero attached hydrogens (tertiary/aromatic N) is 2. The molecule has 1 unspecified atom stereocenters. The third-order valence-electron chi connectivity index (χ3n) is 3.93. The molecular weight excluding hydrogens is 255 g/mol. The summed E-state index contributed by atoms with van der Waals surface area (Å²) < 4.78 is 13.6. The summed E-state index contributed by atoms with van der Waals surface area (Å²) in [7, 11) is 1.86. The summed E-state index contributed by atoms with van der Waals surface area (Å²) in [5.74, 6) is -0.0609. The van der Waals surface area contributed by atoms with Crippen LogP contribution in [0.25, 0.3) is 0 Å². The van der Waals surface area contributed by atoms with Gasteiger partial charge in [-0.25, -0.2) is 4.39 Å². The maximum Gasteiger partial charge on any atom is 0.236 e. The van der Waals surface area contributed by atoms with E-state index in [-0.39, 0.29) is 11.7 Å². The Labute approximate surface area is 120 Å². The largest absolute Gasteiger partial charge is 0.339 e. The van der Waals surface area contributed by atoms with Gasteiger partial charge in [0, 0.05) is 24.7 Å². The third-order valence-corrected chi connectivity index (χ3v) is 3.93. The van der Waals surface area contributed by atoms with Crippen molar-refractivity contribution in [2.45, 2.75) is 38.8 Å². The summed E-state index contributed by atoms with van der Waals surface area (Å²) in [6, 6.07) is 7.05. The fraction of sp³-hybridized carbons (Fsp3) is 0.562. The molecule has 110 valence electrons. The van der Waals surface area contributed by atoms with Crippen LogP contribution in [-0.2, 0) is 11.3 Å². The maximum absolute atomic E-state index is 13.6. The number of rotatable bonds is 4. The molecule has 0 aliphatic carbocycles. The number of piperidine rings is 1. The fourth-order valence-corrected chi connectivity index (χ4v) is 2.76. The van der Waals surface area contributed by atoms with Gasteiger partial charge in [0.25, 0.3) is 0 Å². The van der Waals surface area contributed by atoms with Crippen LogP contribution in [0.4, 0.5) is 4.39 Å². The van der Waals surface area contributed by atoms with Gasteiger partial charge in [-0.05, 0) is 39.3 Å². The van der Waals surface area contributed by atoms with Crippen molar-refractivity contribution < 1.29 is 9.18 Å². The van der Waals surface area contributed by atoms with Crippen LogP contribution in [0.3, 0.4) is 0 Å². The monoisotopic (exact) mass is 278 g/mol. The number of likely N-dealkylation sites (N-methyl/N-ethyl adjacent to an activating group) is 1. The zero-order valence-corrected chi connectivity index (χ0v) is 12.3. The van der Waals surface area contributed by atoms with Crippen molar-refractivity contribution in [3.63, 3.8) is 0 Å². The van der Waals surface area contributed by atoms with Gasteiger partial charge in [-0.15, -0.1) is 0 Å². The molecule has 20 heavy (non-hydrogen) atoms. The van der Waals surface area contributed by atoms with E-state index in [1.807, 2.05) is 22.9 Å². The number of hydrogen-bond donors (Lipinski definition) is 0. The normalized spacial score (nSPS) is 19.4. The van der Waals surface area contributed by atoms with Crippen LogP contribution in [0.1, 0.15) is 31.7 Å². The minimum Gasteiger partial charge on any atom is -0.339 e. The zero-order valence-electron chi connectivity index (χ0n) is 12.3. The highest BCUT2D eigenvalue weighted by atomic mass is 19.1. The fourth-order valence-electron chi connectivity index (χ4n) is 2.76. The Kier molecular flexibility index (Phi) is 5.12. The topological polar surface area (TPSA) is 23.6 Å². The van der Waals surface area contributed by atoms with Crippen molar-refractivity contribution in [1.82, 2.24) is 9.80 Å². The Hall–Kier alpha value is -1.42. The van der Waals surface area contributed by atoms with Gasteiger partial charge in [-0.3, -0.25) is 9.69 Å². The van der Waals surface area contributed by atoms with E-state index in [0.29, 0.717) is 24.7 Å². The lowest BCUT2D eigenvalue weighted by Gasteiger charge is -2.34. The molecular formula is C16H23FN2O. The Morgan fingerprint density at radius 2 is 2.15 bits per heavy atom. The molecule has 1 fully saturated rings. The van der Waals surface area contributed by atoms with Gasteiger partial charge in [-0.2, -0.15) is 0 Å². The Morgan fingerprint density at radius 1 is 1.40 bits per heavy atom. The highest BCUT2D eigenvalue weighted by molar-refractivity contribution is 5.78. The van der Waals surface area contributed by atoms with E-state index in [1.54, 1.807) is 12.1 Å². The second-order valence-corrected chi connectivity index (χ2v) is 5.70. The molecule has 0 radical (unpaired) electrons. The van der Waals surface area contributed by atoms with Gasteiger partial charge < -0.3 is 4.90 Å². The molecule has 0 bridgehead atoms. The minimum atomic E-state index is -0.210. The Bertz CT molecular complexity index is 464. The van der Waals surface area contributed by atoms with Crippen LogP contribution in [0.5, 0.6) is 0 Å². The predicted molar refractivity (Wildman–Crippen MR) is 77.8 cm³/mol. The van der Waals surface area contributed by atoms with E-state index >= 15 is 0 Å². The molecule has 3 nitrogen and oxygen atoms in total. The zero-order chi connectivity index (χ0) is 14.5. The first-order chi connectivity index (χ1) is 9.58. The number of benzene rings is 1. The molecule has 1 aromatic rings. The first kappa shape index (κ1) is 15.0. The van der Waals surface area contributed by atoms with Crippen molar-refractivity contribution in [2.75, 3.05) is 20.1 Å². The number of carbonyl (C=O) groups is 1. The number of likely N-dealkylation sites (tertiary alicyclic amines) is 1. The lowest BCUT2D eigenvalue weighted by atomic mass is 10.0. The number of hydrogen-bond acceptors (Lipinski definition) is 2. The average molecular weight is 278 g/mol. The molecule has 0 spiro atoms. The summed E-state index contributed by atoms with van der Waals surface area (Å²) >= 11 is 0. The van der Waals surface area contributed by atoms with E-state index in [4.69, 9.17) is 0 Å². The summed E-state index contributed by atoms with van der Waals surface area (Å²) in [5, 5.41) is 0. The van der Waals surface area contributed by atoms with E-state index in [9.17, 15) is 9.18 Å². The molecule has 1 saturated heterocycles. The van der Waals surface area contributed by atoms with E-state index < -0.39 is 0 Å². The predicted octanol–water partition coefficient (Wildman–Crippen LogP) is 2.66. The lowest BCUT2D eigenvalue weighted by molar-refractivity contribution is -0.135. The van der Waals surface area contributed by atoms with Crippen molar-refractivity contribution in [3.05, 3.63) is 35.6 Å². The highest BCUT2D eigenvalue weighted by Gasteiger charge is 2.23. The summed E-state index contributed by atoms with van der Waals surface area (Å²) in [5.41, 5.74) is 0.634. The highest BCUT2D eigenvalue weighted by Crippen LogP contribution is 2.17. The van der Waals surface area contributed by atoms with Crippen LogP contribution >= 0.6 is 0 Å². The molecule has 1 atom stereocenters. The Morgan fingerprint density at radius 3 is 2.85 bits per heavy atom. The van der Waals surface area contributed by atoms with Crippen molar-refractivity contribution in [2.24, 2.45) is 0 Å². The van der Waals surface area contributed by atoms with Crippen LogP contribution in [0.2, 0.25) is 0 Å². The van der Waals surface area contributed by atoms with E-state index in [0.717, 1.165) is 19.4 Å². The van der Waals surface area contributed by atoms with E-state index in [2.05, 4.69) is 6.92 Å². The molecule has 0 saturated carbocycles. The minimum absolute atomic E-state index is 0.149. The second-order valence-electron chi connectivity index (χ2n) is 5.70. The molecule has 1 amide bonds. The van der Waals surface area contributed by atoms with Gasteiger partial charge in [0.15, 0.2) is 0 Å². The van der Waals surface area contributed by atoms with Crippen LogP contribution in [-0.4, -0.2) is 41.9 Å². The molecule has 1 aromatic carbocycles. The Balaban J connectivity index is 1.89. The molecule has 2 rings (SSSR count). The standard InChI is InChI=1S/C16H23FN2O/c1-13-7-5-6-10-19(13)16(20)12-18(2)11-14-8-3-4-9-15(14)17/h3-4,8-9,13H,5-7,10-12H2,1-2H3. The molecule has 0 aromatic heterocycles. The number of carbonyl (C=O) groups excluding carboxylic acids is 1. The SMILES string of the molecule is CC1CCCCN1C(=O)CN(C)Cc1ccccc1F. The van der Waals surface area contributed by atoms with Crippen LogP contribution < -0.4 is 0 Å². The van der Waals surface area contributed by atoms with Crippen molar-refractivity contribution in [1.29, 1.82) is 0 Å². The van der Waals surface area contributed by atoms with Crippen LogP contribution in [0.15, 0.2) is 24.3 Å². The molecule has 1 heterocycles. The van der Waals surface area contributed by atoms with Gasteiger partial charge in [0.05, 0.1) is 6.54 Å². The molecule has 1 aliphatic rings. The summed E-state index contributed by atoms with van der Waals surface area (Å²) in [6.07, 6.45) is 3.38. The lowest BCUT2D eigenvalue weighted by Crippen LogP contribution is -2.46. The van der Waals surface area contributed by atoms with E-state index in [1.165, 1.54) is 12.5 Å². The number of halogens is 1. The molecule has 1 aliphatic heterocycles. The molecule has 4 heteroatoms. The summed E-state index contributed by atoms with van der Waals surface area (Å²) in [6.45, 7) is 3.76. The van der Waals surface area contributed by atoms with Gasteiger partial charge >= 0.3 is 0 Å².